The molecule has 0 saturated heterocycles. The Labute approximate surface area is 124 Å². The second-order valence-electron chi connectivity index (χ2n) is 5.25. The highest BCUT2D eigenvalue weighted by molar-refractivity contribution is 5.48. The molecule has 108 valence electrons. The van der Waals surface area contributed by atoms with Gasteiger partial charge in [0, 0.05) is 5.92 Å². The first-order valence-corrected chi connectivity index (χ1v) is 6.75. The van der Waals surface area contributed by atoms with Crippen LogP contribution in [0.4, 0.5) is 5.82 Å². The fourth-order valence-corrected chi connectivity index (χ4v) is 1.77. The molecule has 0 bridgehead atoms. The van der Waals surface area contributed by atoms with Gasteiger partial charge in [-0.3, -0.25) is 0 Å². The van der Waals surface area contributed by atoms with E-state index in [-0.39, 0.29) is 5.92 Å². The molecule has 0 aliphatic carbocycles. The summed E-state index contributed by atoms with van der Waals surface area (Å²) in [5.74, 6) is 2.25. The van der Waals surface area contributed by atoms with E-state index in [1.54, 1.807) is 12.1 Å². The van der Waals surface area contributed by atoms with Gasteiger partial charge in [0.05, 0.1) is 17.2 Å². The maximum Gasteiger partial charge on any atom is 0.227 e. The SMILES string of the molecule is Cc1ccc(C#N)cc1Oc1nc(C(C)C)nc(N)c1C. The van der Waals surface area contributed by atoms with Crippen molar-refractivity contribution in [3.8, 4) is 17.7 Å². The Morgan fingerprint density at radius 2 is 1.95 bits per heavy atom. The van der Waals surface area contributed by atoms with Crippen molar-refractivity contribution in [2.24, 2.45) is 0 Å². The van der Waals surface area contributed by atoms with Crippen LogP contribution in [-0.2, 0) is 0 Å². The number of nitrogens with two attached hydrogens (primary N) is 1. The minimum absolute atomic E-state index is 0.154. The van der Waals surface area contributed by atoms with Gasteiger partial charge in [0.15, 0.2) is 0 Å². The van der Waals surface area contributed by atoms with Crippen molar-refractivity contribution in [2.45, 2.75) is 33.6 Å². The lowest BCUT2D eigenvalue weighted by molar-refractivity contribution is 0.450. The number of rotatable bonds is 3. The van der Waals surface area contributed by atoms with Gasteiger partial charge in [0.1, 0.15) is 17.4 Å². The second-order valence-corrected chi connectivity index (χ2v) is 5.25. The van der Waals surface area contributed by atoms with Crippen LogP contribution in [0, 0.1) is 25.2 Å². The molecule has 0 unspecified atom stereocenters. The van der Waals surface area contributed by atoms with Crippen molar-refractivity contribution in [1.29, 1.82) is 5.26 Å². The van der Waals surface area contributed by atoms with E-state index in [0.29, 0.717) is 34.4 Å². The van der Waals surface area contributed by atoms with Crippen LogP contribution < -0.4 is 10.5 Å². The number of nitriles is 1. The normalized spacial score (nSPS) is 10.5. The van der Waals surface area contributed by atoms with E-state index in [1.165, 1.54) is 0 Å². The summed E-state index contributed by atoms with van der Waals surface area (Å²) >= 11 is 0. The molecule has 1 aromatic carbocycles. The van der Waals surface area contributed by atoms with Gasteiger partial charge in [-0.1, -0.05) is 19.9 Å². The van der Waals surface area contributed by atoms with Gasteiger partial charge in [-0.25, -0.2) is 4.98 Å². The van der Waals surface area contributed by atoms with E-state index >= 15 is 0 Å². The number of ether oxygens (including phenoxy) is 1. The third kappa shape index (κ3) is 3.11. The van der Waals surface area contributed by atoms with E-state index < -0.39 is 0 Å². The summed E-state index contributed by atoms with van der Waals surface area (Å²) < 4.78 is 5.87. The molecule has 0 spiro atoms. The number of anilines is 1. The predicted octanol–water partition coefficient (Wildman–Crippen LogP) is 3.46. The molecule has 0 saturated carbocycles. The summed E-state index contributed by atoms with van der Waals surface area (Å²) in [7, 11) is 0. The molecular weight excluding hydrogens is 264 g/mol. The number of hydrogen-bond donors (Lipinski definition) is 1. The average molecular weight is 282 g/mol. The molecule has 5 heteroatoms. The highest BCUT2D eigenvalue weighted by Crippen LogP contribution is 2.30. The molecule has 0 aliphatic heterocycles. The Hall–Kier alpha value is -2.61. The van der Waals surface area contributed by atoms with Crippen molar-refractivity contribution < 1.29 is 4.74 Å². The summed E-state index contributed by atoms with van der Waals surface area (Å²) in [5.41, 5.74) is 8.09. The van der Waals surface area contributed by atoms with Gasteiger partial charge in [-0.15, -0.1) is 0 Å². The number of aromatic nitrogens is 2. The van der Waals surface area contributed by atoms with Gasteiger partial charge < -0.3 is 10.5 Å². The molecule has 2 rings (SSSR count). The van der Waals surface area contributed by atoms with Crippen molar-refractivity contribution in [2.75, 3.05) is 5.73 Å². The maximum atomic E-state index is 8.98. The summed E-state index contributed by atoms with van der Waals surface area (Å²) in [6.45, 7) is 7.73. The van der Waals surface area contributed by atoms with Gasteiger partial charge >= 0.3 is 0 Å². The van der Waals surface area contributed by atoms with Crippen molar-refractivity contribution in [3.63, 3.8) is 0 Å². The Morgan fingerprint density at radius 3 is 2.57 bits per heavy atom. The van der Waals surface area contributed by atoms with Crippen LogP contribution in [0.3, 0.4) is 0 Å². The number of nitrogen functional groups attached to an aromatic ring is 1. The predicted molar refractivity (Wildman–Crippen MR) is 81.2 cm³/mol. The van der Waals surface area contributed by atoms with E-state index in [1.807, 2.05) is 33.8 Å². The highest BCUT2D eigenvalue weighted by atomic mass is 16.5. The van der Waals surface area contributed by atoms with Gasteiger partial charge in [0.25, 0.3) is 0 Å². The van der Waals surface area contributed by atoms with E-state index in [4.69, 9.17) is 15.7 Å². The van der Waals surface area contributed by atoms with Gasteiger partial charge in [-0.05, 0) is 31.5 Å². The summed E-state index contributed by atoms with van der Waals surface area (Å²) in [4.78, 5) is 8.69. The van der Waals surface area contributed by atoms with Crippen LogP contribution in [0.1, 0.15) is 42.3 Å². The van der Waals surface area contributed by atoms with Crippen LogP contribution in [-0.4, -0.2) is 9.97 Å². The summed E-state index contributed by atoms with van der Waals surface area (Å²) in [6, 6.07) is 7.39. The van der Waals surface area contributed by atoms with Gasteiger partial charge in [-0.2, -0.15) is 10.2 Å². The fourth-order valence-electron chi connectivity index (χ4n) is 1.77. The minimum Gasteiger partial charge on any atom is -0.438 e. The Bertz CT molecular complexity index is 717. The monoisotopic (exact) mass is 282 g/mol. The molecule has 1 heterocycles. The standard InChI is InChI=1S/C16H18N4O/c1-9(2)15-19-14(18)11(4)16(20-15)21-13-7-12(8-17)6-5-10(13)3/h5-7,9H,1-4H3,(H2,18,19,20). The largest absolute Gasteiger partial charge is 0.438 e. The summed E-state index contributed by atoms with van der Waals surface area (Å²) in [5, 5.41) is 8.98. The number of benzene rings is 1. The smallest absolute Gasteiger partial charge is 0.227 e. The first-order chi connectivity index (χ1) is 9.92. The van der Waals surface area contributed by atoms with Crippen LogP contribution in [0.5, 0.6) is 11.6 Å². The lowest BCUT2D eigenvalue weighted by Crippen LogP contribution is -2.06. The number of aryl methyl sites for hydroxylation is 1. The zero-order valence-electron chi connectivity index (χ0n) is 12.6. The lowest BCUT2D eigenvalue weighted by Gasteiger charge is -2.14. The number of nitrogens with zero attached hydrogens (tertiary/aromatic N) is 3. The van der Waals surface area contributed by atoms with E-state index in [0.717, 1.165) is 5.56 Å². The molecule has 0 amide bonds. The Kier molecular flexibility index (Phi) is 4.08. The minimum atomic E-state index is 0.154. The third-order valence-corrected chi connectivity index (χ3v) is 3.20. The molecule has 2 N–H and O–H groups in total. The average Bonchev–Trinajstić information content (AvgIpc) is 2.45. The van der Waals surface area contributed by atoms with Crippen molar-refractivity contribution >= 4 is 5.82 Å². The third-order valence-electron chi connectivity index (χ3n) is 3.20. The Balaban J connectivity index is 2.46. The second kappa shape index (κ2) is 5.80. The molecule has 0 fully saturated rings. The van der Waals surface area contributed by atoms with E-state index in [2.05, 4.69) is 16.0 Å². The molecule has 2 aromatic rings. The zero-order valence-corrected chi connectivity index (χ0v) is 12.6. The fraction of sp³-hybridized carbons (Fsp3) is 0.312. The topological polar surface area (TPSA) is 84.8 Å². The highest BCUT2D eigenvalue weighted by Gasteiger charge is 2.14. The molecule has 21 heavy (non-hydrogen) atoms. The Morgan fingerprint density at radius 1 is 1.24 bits per heavy atom. The van der Waals surface area contributed by atoms with E-state index in [9.17, 15) is 0 Å². The van der Waals surface area contributed by atoms with Crippen molar-refractivity contribution in [1.82, 2.24) is 9.97 Å². The molecule has 5 nitrogen and oxygen atoms in total. The zero-order chi connectivity index (χ0) is 15.6. The number of hydrogen-bond acceptors (Lipinski definition) is 5. The van der Waals surface area contributed by atoms with Crippen molar-refractivity contribution in [3.05, 3.63) is 40.7 Å². The quantitative estimate of drug-likeness (QED) is 0.931. The lowest BCUT2D eigenvalue weighted by atomic mass is 10.1. The van der Waals surface area contributed by atoms with Gasteiger partial charge in [0.2, 0.25) is 5.88 Å². The molecule has 0 radical (unpaired) electrons. The first kappa shape index (κ1) is 14.8. The summed E-state index contributed by atoms with van der Waals surface area (Å²) in [6.07, 6.45) is 0. The van der Waals surface area contributed by atoms with Crippen LogP contribution in [0.2, 0.25) is 0 Å². The maximum absolute atomic E-state index is 8.98. The molecular formula is C16H18N4O. The van der Waals surface area contributed by atoms with Crippen LogP contribution in [0.25, 0.3) is 0 Å². The van der Waals surface area contributed by atoms with Crippen LogP contribution >= 0.6 is 0 Å². The molecule has 1 aromatic heterocycles. The first-order valence-electron chi connectivity index (χ1n) is 6.75. The van der Waals surface area contributed by atoms with Crippen LogP contribution in [0.15, 0.2) is 18.2 Å². The molecule has 0 atom stereocenters. The molecule has 0 aliphatic rings.